The van der Waals surface area contributed by atoms with Crippen LogP contribution in [0.1, 0.15) is 96.8 Å². The standard InChI is InChI=1S/C24H47NO5/c1-2-3-4-5-6-7-8-9-10-11-12-13-14-15-16-17-18-25-24-23(29)22(28)21(27)20(19-26)30-24/h9-10,20-29H,2-8,11-19H2,1H3/b10-9-/t20-,21-,22+,23-,24?/m1/s1. The minimum absolute atomic E-state index is 0.392. The molecule has 0 aromatic rings. The molecule has 0 saturated carbocycles. The zero-order valence-electron chi connectivity index (χ0n) is 19.1. The van der Waals surface area contributed by atoms with Gasteiger partial charge in [0.2, 0.25) is 0 Å². The number of hydrogen-bond acceptors (Lipinski definition) is 6. The molecule has 0 aliphatic carbocycles. The average molecular weight is 430 g/mol. The van der Waals surface area contributed by atoms with Crippen LogP contribution in [0.15, 0.2) is 12.2 Å². The first-order valence-corrected chi connectivity index (χ1v) is 12.3. The Hall–Kier alpha value is -0.500. The molecule has 6 heteroatoms. The Labute approximate surface area is 183 Å². The molecule has 0 amide bonds. The van der Waals surface area contributed by atoms with Gasteiger partial charge in [-0.2, -0.15) is 0 Å². The number of nitrogens with one attached hydrogen (secondary N) is 1. The molecule has 178 valence electrons. The van der Waals surface area contributed by atoms with E-state index in [9.17, 15) is 20.4 Å². The molecule has 6 nitrogen and oxygen atoms in total. The molecule has 0 spiro atoms. The van der Waals surface area contributed by atoms with E-state index in [1.165, 1.54) is 77.0 Å². The van der Waals surface area contributed by atoms with Crippen molar-refractivity contribution in [2.75, 3.05) is 13.2 Å². The van der Waals surface area contributed by atoms with Crippen LogP contribution in [-0.2, 0) is 4.74 Å². The van der Waals surface area contributed by atoms with Gasteiger partial charge in [0.05, 0.1) is 6.61 Å². The summed E-state index contributed by atoms with van der Waals surface area (Å²) in [5.41, 5.74) is 0. The van der Waals surface area contributed by atoms with Crippen LogP contribution in [0.25, 0.3) is 0 Å². The van der Waals surface area contributed by atoms with Crippen molar-refractivity contribution < 1.29 is 25.2 Å². The summed E-state index contributed by atoms with van der Waals surface area (Å²) in [6.45, 7) is 2.54. The van der Waals surface area contributed by atoms with Gasteiger partial charge in [-0.05, 0) is 38.6 Å². The maximum absolute atomic E-state index is 9.97. The van der Waals surface area contributed by atoms with E-state index in [0.29, 0.717) is 6.54 Å². The third kappa shape index (κ3) is 11.8. The van der Waals surface area contributed by atoms with Crippen molar-refractivity contribution in [2.24, 2.45) is 0 Å². The number of unbranched alkanes of at least 4 members (excludes halogenated alkanes) is 12. The van der Waals surface area contributed by atoms with E-state index in [-0.39, 0.29) is 0 Å². The van der Waals surface area contributed by atoms with Crippen LogP contribution >= 0.6 is 0 Å². The molecule has 1 saturated heterocycles. The second-order valence-corrected chi connectivity index (χ2v) is 8.64. The molecule has 0 bridgehead atoms. The largest absolute Gasteiger partial charge is 0.394 e. The van der Waals surface area contributed by atoms with Gasteiger partial charge in [-0.15, -0.1) is 0 Å². The number of aliphatic hydroxyl groups excluding tert-OH is 4. The van der Waals surface area contributed by atoms with Crippen molar-refractivity contribution in [3.05, 3.63) is 12.2 Å². The molecular formula is C24H47NO5. The van der Waals surface area contributed by atoms with Crippen LogP contribution in [0.2, 0.25) is 0 Å². The summed E-state index contributed by atoms with van der Waals surface area (Å²) in [5, 5.41) is 41.8. The second-order valence-electron chi connectivity index (χ2n) is 8.64. The van der Waals surface area contributed by atoms with Crippen LogP contribution in [0.3, 0.4) is 0 Å². The third-order valence-corrected chi connectivity index (χ3v) is 5.93. The summed E-state index contributed by atoms with van der Waals surface area (Å²) < 4.78 is 5.43. The zero-order valence-corrected chi connectivity index (χ0v) is 19.1. The van der Waals surface area contributed by atoms with Gasteiger partial charge in [-0.1, -0.05) is 76.9 Å². The van der Waals surface area contributed by atoms with E-state index in [2.05, 4.69) is 24.4 Å². The normalized spacial score (nSPS) is 27.2. The fourth-order valence-corrected chi connectivity index (χ4v) is 3.89. The molecule has 1 heterocycles. The van der Waals surface area contributed by atoms with Crippen LogP contribution in [0, 0.1) is 0 Å². The van der Waals surface area contributed by atoms with Gasteiger partial charge in [-0.25, -0.2) is 0 Å². The van der Waals surface area contributed by atoms with Crippen LogP contribution < -0.4 is 5.32 Å². The maximum atomic E-state index is 9.97. The van der Waals surface area contributed by atoms with E-state index < -0.39 is 37.3 Å². The van der Waals surface area contributed by atoms with Crippen LogP contribution in [0.5, 0.6) is 0 Å². The van der Waals surface area contributed by atoms with Crippen molar-refractivity contribution >= 4 is 0 Å². The van der Waals surface area contributed by atoms with Gasteiger partial charge in [-0.3, -0.25) is 5.32 Å². The topological polar surface area (TPSA) is 102 Å². The molecule has 5 atom stereocenters. The Bertz CT molecular complexity index is 418. The highest BCUT2D eigenvalue weighted by atomic mass is 16.6. The highest BCUT2D eigenvalue weighted by Crippen LogP contribution is 2.19. The molecule has 1 unspecified atom stereocenters. The lowest BCUT2D eigenvalue weighted by molar-refractivity contribution is -0.236. The molecule has 0 aromatic heterocycles. The summed E-state index contributed by atoms with van der Waals surface area (Å²) in [4.78, 5) is 0. The average Bonchev–Trinajstić information content (AvgIpc) is 2.75. The SMILES string of the molecule is CCCCCCCC/C=C\CCCCCCCCNC1O[C@H](CO)[C@@H](O)[C@H](O)[C@H]1O. The highest BCUT2D eigenvalue weighted by Gasteiger charge is 2.42. The van der Waals surface area contributed by atoms with Crippen molar-refractivity contribution in [3.8, 4) is 0 Å². The Morgan fingerprint density at radius 1 is 0.700 bits per heavy atom. The lowest BCUT2D eigenvalue weighted by atomic mass is 9.98. The monoisotopic (exact) mass is 429 g/mol. The molecule has 0 radical (unpaired) electrons. The summed E-state index contributed by atoms with van der Waals surface area (Å²) in [5.74, 6) is 0. The summed E-state index contributed by atoms with van der Waals surface area (Å²) in [7, 11) is 0. The van der Waals surface area contributed by atoms with Gasteiger partial charge in [0, 0.05) is 0 Å². The zero-order chi connectivity index (χ0) is 22.0. The highest BCUT2D eigenvalue weighted by molar-refractivity contribution is 4.90. The van der Waals surface area contributed by atoms with Gasteiger partial charge in [0.15, 0.2) is 0 Å². The Kier molecular flexibility index (Phi) is 16.6. The van der Waals surface area contributed by atoms with E-state index in [1.54, 1.807) is 0 Å². The van der Waals surface area contributed by atoms with Crippen molar-refractivity contribution in [2.45, 2.75) is 127 Å². The number of ether oxygens (including phenoxy) is 1. The van der Waals surface area contributed by atoms with Crippen molar-refractivity contribution in [1.82, 2.24) is 5.32 Å². The van der Waals surface area contributed by atoms with Gasteiger partial charge in [0.1, 0.15) is 30.6 Å². The molecule has 1 aliphatic rings. The molecule has 1 rings (SSSR count). The summed E-state index contributed by atoms with van der Waals surface area (Å²) in [6.07, 6.45) is 16.9. The smallest absolute Gasteiger partial charge is 0.137 e. The first-order valence-electron chi connectivity index (χ1n) is 12.3. The fourth-order valence-electron chi connectivity index (χ4n) is 3.89. The molecule has 1 aliphatic heterocycles. The molecular weight excluding hydrogens is 382 g/mol. The van der Waals surface area contributed by atoms with Crippen molar-refractivity contribution in [3.63, 3.8) is 0 Å². The van der Waals surface area contributed by atoms with E-state index in [1.807, 2.05) is 0 Å². The Morgan fingerprint density at radius 3 is 1.80 bits per heavy atom. The van der Waals surface area contributed by atoms with Gasteiger partial charge in [0.25, 0.3) is 0 Å². The lowest BCUT2D eigenvalue weighted by Crippen LogP contribution is -2.62. The lowest BCUT2D eigenvalue weighted by Gasteiger charge is -2.40. The molecule has 30 heavy (non-hydrogen) atoms. The minimum atomic E-state index is -1.31. The predicted octanol–water partition coefficient (Wildman–Crippen LogP) is 3.41. The number of hydrogen-bond donors (Lipinski definition) is 5. The van der Waals surface area contributed by atoms with Gasteiger partial charge < -0.3 is 25.2 Å². The summed E-state index contributed by atoms with van der Waals surface area (Å²) >= 11 is 0. The van der Waals surface area contributed by atoms with Crippen LogP contribution in [0.4, 0.5) is 0 Å². The third-order valence-electron chi connectivity index (χ3n) is 5.93. The Balaban J connectivity index is 1.90. The first-order chi connectivity index (χ1) is 14.6. The summed E-state index contributed by atoms with van der Waals surface area (Å²) in [6, 6.07) is 0. The fraction of sp³-hybridized carbons (Fsp3) is 0.917. The van der Waals surface area contributed by atoms with Crippen LogP contribution in [-0.4, -0.2) is 64.2 Å². The predicted molar refractivity (Wildman–Crippen MR) is 121 cm³/mol. The Morgan fingerprint density at radius 2 is 1.23 bits per heavy atom. The second kappa shape index (κ2) is 18.1. The van der Waals surface area contributed by atoms with Crippen molar-refractivity contribution in [1.29, 1.82) is 0 Å². The van der Waals surface area contributed by atoms with E-state index in [4.69, 9.17) is 4.74 Å². The quantitative estimate of drug-likeness (QED) is 0.169. The van der Waals surface area contributed by atoms with E-state index in [0.717, 1.165) is 12.8 Å². The molecule has 5 N–H and O–H groups in total. The number of aliphatic hydroxyl groups is 4. The molecule has 1 fully saturated rings. The number of rotatable bonds is 18. The van der Waals surface area contributed by atoms with Gasteiger partial charge >= 0.3 is 0 Å². The first kappa shape index (κ1) is 27.5. The molecule has 0 aromatic carbocycles. The number of allylic oxidation sites excluding steroid dienone is 2. The van der Waals surface area contributed by atoms with E-state index >= 15 is 0 Å². The minimum Gasteiger partial charge on any atom is -0.394 e. The maximum Gasteiger partial charge on any atom is 0.137 e.